The van der Waals surface area contributed by atoms with Crippen molar-refractivity contribution in [3.63, 3.8) is 0 Å². The lowest BCUT2D eigenvalue weighted by Gasteiger charge is -2.61. The summed E-state index contributed by atoms with van der Waals surface area (Å²) in [4.78, 5) is 39.6. The van der Waals surface area contributed by atoms with Crippen molar-refractivity contribution in [1.82, 2.24) is 10.2 Å². The van der Waals surface area contributed by atoms with Gasteiger partial charge < -0.3 is 40.1 Å². The molecule has 1 fully saturated rings. The van der Waals surface area contributed by atoms with Gasteiger partial charge in [-0.25, -0.2) is 4.79 Å². The molecule has 210 valence electrons. The van der Waals surface area contributed by atoms with Gasteiger partial charge in [-0.05, 0) is 49.7 Å². The highest BCUT2D eigenvalue weighted by Gasteiger charge is 2.72. The number of benzene rings is 2. The number of likely N-dealkylation sites (tertiary alicyclic amines) is 1. The number of carboxylic acid groups (broad SMARTS) is 1. The molecule has 40 heavy (non-hydrogen) atoms. The molecule has 5 N–H and O–H groups in total. The van der Waals surface area contributed by atoms with Gasteiger partial charge in [0.2, 0.25) is 0 Å². The second-order valence-corrected chi connectivity index (χ2v) is 11.0. The first-order valence-corrected chi connectivity index (χ1v) is 13.2. The molecule has 2 unspecified atom stereocenters. The zero-order valence-electron chi connectivity index (χ0n) is 21.7. The van der Waals surface area contributed by atoms with Crippen molar-refractivity contribution in [2.24, 2.45) is 0 Å². The molecule has 0 saturated carbocycles. The van der Waals surface area contributed by atoms with Crippen LogP contribution in [0.5, 0.6) is 11.5 Å². The van der Waals surface area contributed by atoms with Gasteiger partial charge >= 0.3 is 11.9 Å². The Morgan fingerprint density at radius 2 is 1.95 bits per heavy atom. The predicted octanol–water partition coefficient (Wildman–Crippen LogP) is 0.906. The molecule has 1 spiro atoms. The number of piperidine rings is 1. The molecule has 11 nitrogen and oxygen atoms in total. The molecular weight excluding hydrogens is 520 g/mol. The number of carbonyl (C=O) groups excluding carboxylic acids is 2. The summed E-state index contributed by atoms with van der Waals surface area (Å²) in [6.07, 6.45) is -0.413. The van der Waals surface area contributed by atoms with E-state index in [0.29, 0.717) is 19.4 Å². The number of aliphatic hydroxyl groups is 2. The van der Waals surface area contributed by atoms with Crippen molar-refractivity contribution in [2.75, 3.05) is 13.6 Å². The van der Waals surface area contributed by atoms with Crippen LogP contribution in [0.4, 0.5) is 0 Å². The van der Waals surface area contributed by atoms with E-state index in [1.54, 1.807) is 30.3 Å². The Morgan fingerprint density at radius 1 is 1.20 bits per heavy atom. The number of carbonyl (C=O) groups is 3. The Labute approximate surface area is 229 Å². The SMILES string of the molecule is CN1CCC23c4c5ccc(O)c4OC2C(OC(=O)C[C@H](NC(=O)[C@@H](O)c2ccccc2)C(=O)O)=CC[C@@]3(O)[C@H]1C5. The summed E-state index contributed by atoms with van der Waals surface area (Å²) in [6.45, 7) is 0.652. The zero-order valence-corrected chi connectivity index (χ0v) is 21.7. The molecule has 0 radical (unpaired) electrons. The van der Waals surface area contributed by atoms with Gasteiger partial charge in [0.1, 0.15) is 11.8 Å². The van der Waals surface area contributed by atoms with Crippen molar-refractivity contribution in [3.05, 3.63) is 71.0 Å². The first-order valence-electron chi connectivity index (χ1n) is 13.2. The van der Waals surface area contributed by atoms with Crippen molar-refractivity contribution in [3.8, 4) is 11.5 Å². The number of nitrogens with one attached hydrogen (secondary N) is 1. The molecule has 11 heteroatoms. The Hall–Kier alpha value is -3.93. The number of ether oxygens (including phenoxy) is 2. The van der Waals surface area contributed by atoms with E-state index >= 15 is 0 Å². The molecule has 6 atom stereocenters. The smallest absolute Gasteiger partial charge is 0.326 e. The van der Waals surface area contributed by atoms with Gasteiger partial charge in [-0.2, -0.15) is 0 Å². The van der Waals surface area contributed by atoms with Crippen LogP contribution in [0.3, 0.4) is 0 Å². The van der Waals surface area contributed by atoms with Crippen LogP contribution < -0.4 is 10.1 Å². The van der Waals surface area contributed by atoms with E-state index in [4.69, 9.17) is 9.47 Å². The van der Waals surface area contributed by atoms with Gasteiger partial charge in [0, 0.05) is 18.0 Å². The minimum atomic E-state index is -1.66. The Balaban J connectivity index is 1.24. The van der Waals surface area contributed by atoms with Gasteiger partial charge in [0.15, 0.2) is 23.7 Å². The van der Waals surface area contributed by atoms with Crippen LogP contribution in [-0.2, 0) is 31.0 Å². The second kappa shape index (κ2) is 9.33. The number of likely N-dealkylation sites (N-methyl/N-ethyl adjacent to an activating group) is 1. The van der Waals surface area contributed by atoms with Gasteiger partial charge in [-0.3, -0.25) is 9.59 Å². The summed E-state index contributed by atoms with van der Waals surface area (Å²) >= 11 is 0. The average molecular weight is 551 g/mol. The molecule has 2 heterocycles. The third kappa shape index (κ3) is 3.72. The lowest BCUT2D eigenvalue weighted by molar-refractivity contribution is -0.169. The van der Waals surface area contributed by atoms with E-state index in [0.717, 1.165) is 11.1 Å². The van der Waals surface area contributed by atoms with Crippen LogP contribution in [0.2, 0.25) is 0 Å². The molecule has 2 aromatic rings. The van der Waals surface area contributed by atoms with E-state index in [9.17, 15) is 34.8 Å². The fraction of sp³-hybridized carbons (Fsp3) is 0.414. The van der Waals surface area contributed by atoms with E-state index < -0.39 is 53.5 Å². The molecule has 1 saturated heterocycles. The zero-order chi connectivity index (χ0) is 28.4. The number of phenols is 1. The van der Waals surface area contributed by atoms with E-state index in [1.807, 2.05) is 13.1 Å². The highest BCUT2D eigenvalue weighted by Crippen LogP contribution is 2.65. The normalized spacial score (nSPS) is 29.3. The lowest BCUT2D eigenvalue weighted by atomic mass is 9.50. The van der Waals surface area contributed by atoms with E-state index in [-0.39, 0.29) is 35.3 Å². The molecule has 6 rings (SSSR count). The van der Waals surface area contributed by atoms with E-state index in [1.165, 1.54) is 12.1 Å². The molecule has 2 aliphatic carbocycles. The minimum Gasteiger partial charge on any atom is -0.504 e. The van der Waals surface area contributed by atoms with E-state index in [2.05, 4.69) is 10.2 Å². The lowest BCUT2D eigenvalue weighted by Crippen LogP contribution is -2.74. The topological polar surface area (TPSA) is 166 Å². The highest BCUT2D eigenvalue weighted by molar-refractivity contribution is 5.89. The van der Waals surface area contributed by atoms with Gasteiger partial charge in [-0.1, -0.05) is 36.4 Å². The maximum atomic E-state index is 13.0. The predicted molar refractivity (Wildman–Crippen MR) is 138 cm³/mol. The van der Waals surface area contributed by atoms with Crippen LogP contribution in [0.15, 0.2) is 54.3 Å². The second-order valence-electron chi connectivity index (χ2n) is 11.0. The molecule has 1 amide bonds. The largest absolute Gasteiger partial charge is 0.504 e. The molecule has 2 bridgehead atoms. The van der Waals surface area contributed by atoms with Crippen molar-refractivity contribution in [2.45, 2.75) is 61.0 Å². The number of hydrogen-bond donors (Lipinski definition) is 5. The fourth-order valence-electron chi connectivity index (χ4n) is 7.01. The summed E-state index contributed by atoms with van der Waals surface area (Å²) in [6, 6.07) is 9.52. The quantitative estimate of drug-likeness (QED) is 0.313. The number of aromatic hydroxyl groups is 1. The first kappa shape index (κ1) is 26.3. The number of hydrogen-bond acceptors (Lipinski definition) is 9. The van der Waals surface area contributed by atoms with Crippen LogP contribution in [-0.4, -0.2) is 80.6 Å². The maximum Gasteiger partial charge on any atom is 0.326 e. The van der Waals surface area contributed by atoms with Gasteiger partial charge in [0.25, 0.3) is 5.91 Å². The third-order valence-corrected chi connectivity index (χ3v) is 8.93. The average Bonchev–Trinajstić information content (AvgIpc) is 3.29. The summed E-state index contributed by atoms with van der Waals surface area (Å²) in [7, 11) is 1.96. The Bertz CT molecular complexity index is 1430. The molecule has 2 aliphatic heterocycles. The molecule has 4 aliphatic rings. The number of amides is 1. The van der Waals surface area contributed by atoms with Crippen LogP contribution in [0.25, 0.3) is 0 Å². The van der Waals surface area contributed by atoms with Gasteiger partial charge in [-0.15, -0.1) is 0 Å². The number of aliphatic hydroxyl groups excluding tert-OH is 1. The fourth-order valence-corrected chi connectivity index (χ4v) is 7.01. The third-order valence-electron chi connectivity index (χ3n) is 8.93. The summed E-state index contributed by atoms with van der Waals surface area (Å²) in [5.74, 6) is -3.05. The van der Waals surface area contributed by atoms with Gasteiger partial charge in [0.05, 0.1) is 17.4 Å². The molecular formula is C29H30N2O9. The number of rotatable bonds is 7. The Kier molecular flexibility index (Phi) is 6.13. The number of aliphatic carboxylic acids is 1. The number of nitrogens with zero attached hydrogens (tertiary/aromatic N) is 1. The molecule has 0 aromatic heterocycles. The van der Waals surface area contributed by atoms with Crippen LogP contribution in [0.1, 0.15) is 42.1 Å². The maximum absolute atomic E-state index is 13.0. The first-order chi connectivity index (χ1) is 19.1. The number of carboxylic acids is 1. The van der Waals surface area contributed by atoms with Crippen molar-refractivity contribution >= 4 is 17.8 Å². The minimum absolute atomic E-state index is 0.0708. The Morgan fingerprint density at radius 3 is 2.67 bits per heavy atom. The highest BCUT2D eigenvalue weighted by atomic mass is 16.6. The van der Waals surface area contributed by atoms with Crippen LogP contribution in [0, 0.1) is 0 Å². The monoisotopic (exact) mass is 550 g/mol. The summed E-state index contributed by atoms with van der Waals surface area (Å²) < 4.78 is 11.9. The summed E-state index contributed by atoms with van der Waals surface area (Å²) in [5, 5.41) is 45.0. The van der Waals surface area contributed by atoms with Crippen molar-refractivity contribution < 1.29 is 44.3 Å². The standard InChI is InChI=1S/C29H30N2O9/c1-31-12-11-28-22-16-7-8-18(32)24(22)40-25(28)19(9-10-29(28,38)20(31)13-16)39-21(33)14-17(27(36)37)30-26(35)23(34)15-5-3-2-4-6-15/h2-9,17,20,23,25,32,34,38H,10-14H2,1H3,(H,30,35)(H,36,37)/t17-,20+,23-,25?,28?,29+/m0/s1. The number of phenolic OH excluding ortho intramolecular Hbond substituents is 1. The van der Waals surface area contributed by atoms with Crippen LogP contribution >= 0.6 is 0 Å². The van der Waals surface area contributed by atoms with Crippen molar-refractivity contribution in [1.29, 1.82) is 0 Å². The summed E-state index contributed by atoms with van der Waals surface area (Å²) in [5.41, 5.74) is -0.240. The molecule has 2 aromatic carbocycles. The number of esters is 1.